The molecule has 0 bridgehead atoms. The van der Waals surface area contributed by atoms with Crippen molar-refractivity contribution in [1.29, 1.82) is 5.26 Å². The normalized spacial score (nSPS) is 19.2. The van der Waals surface area contributed by atoms with Gasteiger partial charge in [0.1, 0.15) is 23.9 Å². The first-order valence-electron chi connectivity index (χ1n) is 25.8. The Morgan fingerprint density at radius 1 is 0.921 bits per heavy atom. The Hall–Kier alpha value is -7.95. The molecule has 19 nitrogen and oxygen atoms in total. The second kappa shape index (κ2) is 21.7. The van der Waals surface area contributed by atoms with Crippen molar-refractivity contribution in [2.45, 2.75) is 76.5 Å². The fourth-order valence-electron chi connectivity index (χ4n) is 11.3. The first-order chi connectivity index (χ1) is 36.7. The van der Waals surface area contributed by atoms with E-state index < -0.39 is 6.01 Å². The monoisotopic (exact) mass is 1050 g/mol. The van der Waals surface area contributed by atoms with E-state index in [0.717, 1.165) is 33.5 Å². The number of likely N-dealkylation sites (tertiary alicyclic amines) is 2. The van der Waals surface area contributed by atoms with Crippen LogP contribution in [0.2, 0.25) is 5.02 Å². The summed E-state index contributed by atoms with van der Waals surface area (Å²) in [4.78, 5) is 60.5. The van der Waals surface area contributed by atoms with Gasteiger partial charge in [-0.15, -0.1) is 5.10 Å². The molecule has 4 aliphatic rings. The zero-order valence-corrected chi connectivity index (χ0v) is 43.5. The predicted molar refractivity (Wildman–Crippen MR) is 287 cm³/mol. The molecule has 3 saturated heterocycles. The standard InChI is InChI=1S/C56H61ClN12O7/c1-5-49(72)68-25-24-67(30-39(68)16-20-58)51-41-19-23-66(46-11-7-9-34-8-6-10-44(57)50(34)46)31-45(41)60-55(61-51)76-32-40-26-37(29-64(40)4)59-53(73)35-17-21-65(22-18-35)54(74)36-12-14-38(15-13-36)69-52(62-63-56(69)75)43-27-42(33(2)3)47(70)28-48(43)71/h5-15,27-28,33,35,37,39-40,70-71H,1,16-19,21-26,29-32H2,2-4H3,(H,59,73)(H,63,75)/t37?,39-,40-/m0/s1. The number of fused-ring (bicyclic) bond motifs is 2. The maximum atomic E-state index is 13.8. The third-order valence-corrected chi connectivity index (χ3v) is 15.7. The number of likely N-dealkylation sites (N-methyl/N-ethyl adjacent to an activating group) is 1. The highest BCUT2D eigenvalue weighted by molar-refractivity contribution is 6.36. The van der Waals surface area contributed by atoms with Gasteiger partial charge in [0.15, 0.2) is 5.82 Å². The van der Waals surface area contributed by atoms with Crippen LogP contribution < -0.4 is 19.9 Å². The number of piperidine rings is 1. The molecule has 0 saturated carbocycles. The Morgan fingerprint density at radius 2 is 1.68 bits per heavy atom. The van der Waals surface area contributed by atoms with E-state index in [0.29, 0.717) is 99.9 Å². The molecule has 6 heterocycles. The molecule has 0 aliphatic carbocycles. The number of aromatic hydroxyl groups is 3. The lowest BCUT2D eigenvalue weighted by Crippen LogP contribution is -2.55. The van der Waals surface area contributed by atoms with Crippen LogP contribution in [0.5, 0.6) is 23.5 Å². The number of phenolic OH excluding ortho intramolecular Hbond substituents is 2. The summed E-state index contributed by atoms with van der Waals surface area (Å²) in [5.74, 6) is -0.0971. The molecule has 3 fully saturated rings. The Kier molecular flexibility index (Phi) is 14.7. The summed E-state index contributed by atoms with van der Waals surface area (Å²) in [6.07, 6.45) is 3.80. The first-order valence-corrected chi connectivity index (χ1v) is 26.2. The van der Waals surface area contributed by atoms with E-state index in [-0.39, 0.29) is 89.6 Å². The van der Waals surface area contributed by atoms with Gasteiger partial charge in [0.05, 0.1) is 47.0 Å². The maximum Gasteiger partial charge on any atom is 0.319 e. The van der Waals surface area contributed by atoms with E-state index in [9.17, 15) is 35.0 Å². The van der Waals surface area contributed by atoms with Gasteiger partial charge in [0, 0.05) is 92.1 Å². The topological polar surface area (TPSA) is 230 Å². The average Bonchev–Trinajstić information content (AvgIpc) is 3.99. The molecule has 3 amide bonds. The van der Waals surface area contributed by atoms with E-state index in [4.69, 9.17) is 26.3 Å². The summed E-state index contributed by atoms with van der Waals surface area (Å²) in [7, 11) is 2.01. The number of hydrogen-bond acceptors (Lipinski definition) is 15. The molecule has 4 N–H and O–H groups in total. The number of nitrogens with one attached hydrogen (secondary N) is 1. The maximum absolute atomic E-state index is 13.8. The van der Waals surface area contributed by atoms with Crippen LogP contribution in [0.3, 0.4) is 0 Å². The minimum atomic E-state index is -0.411. The molecular formula is C56H61ClN12O7. The fraction of sp³-hybridized carbons (Fsp3) is 0.393. The van der Waals surface area contributed by atoms with Gasteiger partial charge in [-0.25, -0.2) is 4.57 Å². The number of hydrogen-bond donors (Lipinski definition) is 4. The lowest BCUT2D eigenvalue weighted by Gasteiger charge is -2.42. The number of rotatable bonds is 13. The number of benzene rings is 4. The average molecular weight is 1050 g/mol. The number of nitriles is 1. The number of phenols is 2. The molecule has 394 valence electrons. The van der Waals surface area contributed by atoms with Crippen LogP contribution in [-0.2, 0) is 22.6 Å². The summed E-state index contributed by atoms with van der Waals surface area (Å²) in [6, 6.07) is 23.2. The Bertz CT molecular complexity index is 3240. The van der Waals surface area contributed by atoms with Gasteiger partial charge in [-0.05, 0) is 98.1 Å². The van der Waals surface area contributed by atoms with Crippen molar-refractivity contribution < 1.29 is 34.4 Å². The zero-order valence-electron chi connectivity index (χ0n) is 42.8. The van der Waals surface area contributed by atoms with Crippen molar-refractivity contribution in [2.24, 2.45) is 5.92 Å². The number of amides is 3. The lowest BCUT2D eigenvalue weighted by molar-refractivity contribution is -0.128. The van der Waals surface area contributed by atoms with Crippen LogP contribution >= 0.6 is 11.6 Å². The molecule has 2 aromatic heterocycles. The van der Waals surface area contributed by atoms with Gasteiger partial charge in [-0.2, -0.15) is 15.2 Å². The van der Waals surface area contributed by atoms with Gasteiger partial charge in [0.2, 0.25) is 11.8 Å². The van der Waals surface area contributed by atoms with E-state index in [1.807, 2.05) is 39.1 Å². The molecule has 3 atom stereocenters. The highest BCUT2D eigenvalue weighted by Crippen LogP contribution is 2.40. The summed E-state index contributed by atoms with van der Waals surface area (Å²) in [5.41, 5.74) is 4.63. The quantitative estimate of drug-likeness (QED) is 0.0897. The zero-order chi connectivity index (χ0) is 53.4. The molecule has 0 radical (unpaired) electrons. The molecule has 20 heteroatoms. The van der Waals surface area contributed by atoms with Gasteiger partial charge in [-0.1, -0.05) is 61.4 Å². The lowest BCUT2D eigenvalue weighted by atomic mass is 9.95. The third kappa shape index (κ3) is 10.3. The number of carbonyl (C=O) groups is 3. The number of carbonyl (C=O) groups excluding carboxylic acids is 3. The van der Waals surface area contributed by atoms with E-state index in [2.05, 4.69) is 61.1 Å². The molecular weight excluding hydrogens is 988 g/mol. The third-order valence-electron chi connectivity index (χ3n) is 15.4. The molecule has 4 aromatic carbocycles. The van der Waals surface area contributed by atoms with Crippen molar-refractivity contribution in [3.63, 3.8) is 0 Å². The summed E-state index contributed by atoms with van der Waals surface area (Å²) in [5, 5.41) is 55.5. The number of piperazine rings is 1. The molecule has 1 unspecified atom stereocenters. The van der Waals surface area contributed by atoms with Crippen LogP contribution in [-0.4, -0.2) is 150 Å². The number of anilines is 2. The predicted octanol–water partition coefficient (Wildman–Crippen LogP) is 6.57. The highest BCUT2D eigenvalue weighted by Gasteiger charge is 2.37. The Labute approximate surface area is 445 Å². The van der Waals surface area contributed by atoms with Crippen molar-refractivity contribution >= 4 is 51.6 Å². The minimum Gasteiger partial charge on any atom is -0.508 e. The van der Waals surface area contributed by atoms with Crippen LogP contribution in [0.1, 0.15) is 72.6 Å². The van der Waals surface area contributed by atoms with Crippen LogP contribution in [0.15, 0.2) is 85.5 Å². The first kappa shape index (κ1) is 51.5. The van der Waals surface area contributed by atoms with Gasteiger partial charge in [-0.3, -0.25) is 19.3 Å². The van der Waals surface area contributed by atoms with Gasteiger partial charge < -0.3 is 45.0 Å². The summed E-state index contributed by atoms with van der Waals surface area (Å²) in [6.45, 7) is 11.8. The van der Waals surface area contributed by atoms with Crippen molar-refractivity contribution in [3.05, 3.63) is 113 Å². The second-order valence-electron chi connectivity index (χ2n) is 20.4. The molecule has 4 aliphatic heterocycles. The van der Waals surface area contributed by atoms with Crippen LogP contribution in [0.4, 0.5) is 11.5 Å². The molecule has 76 heavy (non-hydrogen) atoms. The van der Waals surface area contributed by atoms with E-state index in [1.165, 1.54) is 16.7 Å². The number of halogens is 1. The minimum absolute atomic E-state index is 0.0366. The largest absolute Gasteiger partial charge is 0.508 e. The van der Waals surface area contributed by atoms with Crippen molar-refractivity contribution in [2.75, 3.05) is 69.3 Å². The Morgan fingerprint density at radius 3 is 2.42 bits per heavy atom. The van der Waals surface area contributed by atoms with E-state index in [1.54, 1.807) is 40.1 Å². The summed E-state index contributed by atoms with van der Waals surface area (Å²) < 4.78 is 7.87. The SMILES string of the molecule is C=CC(=O)N1CCN(c2nc(OC[C@@H]3CC(NC(=O)C4CCN(C(=O)c5ccc(-n6c(O)nnc6-c6cc(C(C)C)c(O)cc6O)cc5)CC4)CN3C)nc3c2CCN(c2cccc4cccc(Cl)c24)C3)C[C@@H]1CC#N. The fourth-order valence-corrected chi connectivity index (χ4v) is 11.5. The van der Waals surface area contributed by atoms with Crippen LogP contribution in [0, 0.1) is 17.2 Å². The van der Waals surface area contributed by atoms with Crippen LogP contribution in [0.25, 0.3) is 27.8 Å². The number of nitrogens with zero attached hydrogens (tertiary/aromatic N) is 11. The van der Waals surface area contributed by atoms with Gasteiger partial charge >= 0.3 is 12.0 Å². The molecule has 0 spiro atoms. The molecule has 10 rings (SSSR count). The Balaban J connectivity index is 0.771. The second-order valence-corrected chi connectivity index (χ2v) is 20.8. The van der Waals surface area contributed by atoms with Crippen molar-refractivity contribution in [1.82, 2.24) is 44.7 Å². The highest BCUT2D eigenvalue weighted by atomic mass is 35.5. The van der Waals surface area contributed by atoms with Gasteiger partial charge in [0.25, 0.3) is 5.91 Å². The number of aromatic nitrogens is 5. The number of ether oxygens (including phenoxy) is 1. The molecule has 6 aromatic rings. The smallest absolute Gasteiger partial charge is 0.319 e. The van der Waals surface area contributed by atoms with E-state index >= 15 is 0 Å². The summed E-state index contributed by atoms with van der Waals surface area (Å²) >= 11 is 6.80. The van der Waals surface area contributed by atoms with Crippen molar-refractivity contribution in [3.8, 4) is 46.7 Å².